The zero-order valence-corrected chi connectivity index (χ0v) is 12.5. The average molecular weight is 289 g/mol. The molecule has 1 rings (SSSR count). The second kappa shape index (κ2) is 7.21. The molecule has 1 aliphatic heterocycles. The summed E-state index contributed by atoms with van der Waals surface area (Å²) in [4.78, 5) is 4.68. The molecule has 94 valence electrons. The van der Waals surface area contributed by atoms with Crippen LogP contribution in [0.25, 0.3) is 0 Å². The van der Waals surface area contributed by atoms with Gasteiger partial charge >= 0.3 is 0 Å². The van der Waals surface area contributed by atoms with E-state index in [1.165, 1.54) is 49.7 Å². The van der Waals surface area contributed by atoms with Gasteiger partial charge in [0.05, 0.1) is 10.8 Å². The molecule has 0 aliphatic carbocycles. The maximum absolute atomic E-state index is 3.57. The second-order valence-corrected chi connectivity index (χ2v) is 5.51. The van der Waals surface area contributed by atoms with Crippen molar-refractivity contribution >= 4 is 15.9 Å². The van der Waals surface area contributed by atoms with Gasteiger partial charge in [0.1, 0.15) is 0 Å². The predicted molar refractivity (Wildman–Crippen MR) is 74.3 cm³/mol. The summed E-state index contributed by atoms with van der Waals surface area (Å²) in [5, 5.41) is 0. The van der Waals surface area contributed by atoms with Crippen molar-refractivity contribution in [2.24, 2.45) is 0 Å². The minimum absolute atomic E-state index is 0.505. The van der Waals surface area contributed by atoms with E-state index < -0.39 is 0 Å². The van der Waals surface area contributed by atoms with E-state index in [0.717, 1.165) is 0 Å². The monoisotopic (exact) mass is 288 g/mol. The van der Waals surface area contributed by atoms with E-state index >= 15 is 0 Å². The zero-order chi connectivity index (χ0) is 12.0. The lowest BCUT2D eigenvalue weighted by atomic mass is 10.1. The van der Waals surface area contributed by atoms with E-state index in [1.807, 2.05) is 0 Å². The van der Waals surface area contributed by atoms with Gasteiger partial charge in [-0.1, -0.05) is 39.0 Å². The Kier molecular flexibility index (Phi) is 6.25. The number of rotatable bonds is 7. The molecule has 1 unspecified atom stereocenters. The van der Waals surface area contributed by atoms with Gasteiger partial charge in [0.25, 0.3) is 0 Å². The van der Waals surface area contributed by atoms with Crippen molar-refractivity contribution in [3.63, 3.8) is 0 Å². The summed E-state index contributed by atoms with van der Waals surface area (Å²) in [5.41, 5.74) is 0. The first-order valence-corrected chi connectivity index (χ1v) is 7.32. The molecule has 3 heteroatoms. The van der Waals surface area contributed by atoms with Crippen molar-refractivity contribution in [1.82, 2.24) is 9.80 Å². The van der Waals surface area contributed by atoms with Gasteiger partial charge in [-0.25, -0.2) is 0 Å². The van der Waals surface area contributed by atoms with Crippen LogP contribution in [0.2, 0.25) is 0 Å². The van der Waals surface area contributed by atoms with Crippen LogP contribution in [0.5, 0.6) is 0 Å². The second-order valence-electron chi connectivity index (χ2n) is 4.70. The van der Waals surface area contributed by atoms with Crippen LogP contribution in [0, 0.1) is 0 Å². The Morgan fingerprint density at radius 3 is 2.38 bits per heavy atom. The van der Waals surface area contributed by atoms with Crippen LogP contribution in [0.15, 0.2) is 10.8 Å². The summed E-state index contributed by atoms with van der Waals surface area (Å²) < 4.78 is 1.20. The van der Waals surface area contributed by atoms with E-state index in [2.05, 4.69) is 52.8 Å². The van der Waals surface area contributed by atoms with Crippen LogP contribution in [0.3, 0.4) is 0 Å². The fourth-order valence-electron chi connectivity index (χ4n) is 2.06. The van der Waals surface area contributed by atoms with Gasteiger partial charge in [0, 0.05) is 19.8 Å². The van der Waals surface area contributed by atoms with Crippen molar-refractivity contribution in [2.45, 2.75) is 58.5 Å². The van der Waals surface area contributed by atoms with Crippen molar-refractivity contribution in [2.75, 3.05) is 13.6 Å². The number of hydrogen-bond acceptors (Lipinski definition) is 2. The number of halogens is 1. The highest BCUT2D eigenvalue weighted by molar-refractivity contribution is 9.11. The molecule has 1 heterocycles. The smallest absolute Gasteiger partial charge is 0.0984 e. The Balaban J connectivity index is 2.10. The number of unbranched alkanes of at least 4 members (excludes halogenated alkanes) is 5. The summed E-state index contributed by atoms with van der Waals surface area (Å²) in [6.07, 6.45) is 11.0. The normalized spacial score (nSPS) is 20.5. The molecule has 1 aliphatic rings. The molecule has 0 bridgehead atoms. The van der Waals surface area contributed by atoms with Crippen LogP contribution in [-0.4, -0.2) is 29.6 Å². The third-order valence-electron chi connectivity index (χ3n) is 3.42. The lowest BCUT2D eigenvalue weighted by Gasteiger charge is -2.27. The van der Waals surface area contributed by atoms with Gasteiger partial charge in [0.2, 0.25) is 0 Å². The van der Waals surface area contributed by atoms with Crippen LogP contribution >= 0.6 is 15.9 Å². The van der Waals surface area contributed by atoms with Gasteiger partial charge in [0.15, 0.2) is 0 Å². The summed E-state index contributed by atoms with van der Waals surface area (Å²) in [6, 6.07) is 0. The zero-order valence-electron chi connectivity index (χ0n) is 10.9. The molecule has 0 saturated carbocycles. The van der Waals surface area contributed by atoms with Gasteiger partial charge in [-0.3, -0.25) is 0 Å². The maximum Gasteiger partial charge on any atom is 0.0984 e. The molecule has 2 nitrogen and oxygen atoms in total. The molecule has 0 aromatic heterocycles. The van der Waals surface area contributed by atoms with Crippen molar-refractivity contribution in [3.8, 4) is 0 Å². The molecule has 0 radical (unpaired) electrons. The Morgan fingerprint density at radius 2 is 1.81 bits per heavy atom. The Morgan fingerprint density at radius 1 is 1.19 bits per heavy atom. The lowest BCUT2D eigenvalue weighted by Crippen LogP contribution is -2.34. The molecular weight excluding hydrogens is 264 g/mol. The van der Waals surface area contributed by atoms with E-state index in [-0.39, 0.29) is 0 Å². The molecule has 0 spiro atoms. The van der Waals surface area contributed by atoms with E-state index in [9.17, 15) is 0 Å². The van der Waals surface area contributed by atoms with Gasteiger partial charge in [-0.05, 0) is 29.3 Å². The topological polar surface area (TPSA) is 6.48 Å². The SMILES string of the molecule is CCCCCCCCN1C=C(Br)N(C)C1C. The summed E-state index contributed by atoms with van der Waals surface area (Å²) in [7, 11) is 2.13. The fraction of sp³-hybridized carbons (Fsp3) is 0.846. The predicted octanol–water partition coefficient (Wildman–Crippen LogP) is 4.13. The molecule has 0 fully saturated rings. The number of nitrogens with zero attached hydrogens (tertiary/aromatic N) is 2. The van der Waals surface area contributed by atoms with Crippen molar-refractivity contribution in [3.05, 3.63) is 10.8 Å². The van der Waals surface area contributed by atoms with Crippen LogP contribution in [-0.2, 0) is 0 Å². The minimum atomic E-state index is 0.505. The molecule has 0 N–H and O–H groups in total. The maximum atomic E-state index is 3.57. The van der Waals surface area contributed by atoms with Crippen LogP contribution in [0.1, 0.15) is 52.4 Å². The van der Waals surface area contributed by atoms with Gasteiger partial charge in [-0.2, -0.15) is 0 Å². The Hall–Kier alpha value is -0.180. The van der Waals surface area contributed by atoms with Crippen molar-refractivity contribution < 1.29 is 0 Å². The highest BCUT2D eigenvalue weighted by atomic mass is 79.9. The molecular formula is C13H25BrN2. The van der Waals surface area contributed by atoms with Gasteiger partial charge in [-0.15, -0.1) is 0 Å². The number of hydrogen-bond donors (Lipinski definition) is 0. The summed E-state index contributed by atoms with van der Waals surface area (Å²) in [5.74, 6) is 0. The quantitative estimate of drug-likeness (QED) is 0.513. The lowest BCUT2D eigenvalue weighted by molar-refractivity contribution is 0.191. The van der Waals surface area contributed by atoms with Gasteiger partial charge < -0.3 is 9.80 Å². The summed E-state index contributed by atoms with van der Waals surface area (Å²) in [6.45, 7) is 5.71. The summed E-state index contributed by atoms with van der Waals surface area (Å²) >= 11 is 3.57. The largest absolute Gasteiger partial charge is 0.355 e. The van der Waals surface area contributed by atoms with Crippen LogP contribution < -0.4 is 0 Å². The highest BCUT2D eigenvalue weighted by Gasteiger charge is 2.22. The third kappa shape index (κ3) is 4.00. The molecule has 0 saturated heterocycles. The minimum Gasteiger partial charge on any atom is -0.355 e. The van der Waals surface area contributed by atoms with Crippen LogP contribution in [0.4, 0.5) is 0 Å². The van der Waals surface area contributed by atoms with Crippen molar-refractivity contribution in [1.29, 1.82) is 0 Å². The van der Waals surface area contributed by atoms with E-state index in [4.69, 9.17) is 0 Å². The molecule has 0 aromatic carbocycles. The molecule has 0 aromatic rings. The Labute approximate surface area is 109 Å². The molecule has 16 heavy (non-hydrogen) atoms. The molecule has 1 atom stereocenters. The first-order valence-electron chi connectivity index (χ1n) is 6.52. The third-order valence-corrected chi connectivity index (χ3v) is 4.18. The van der Waals surface area contributed by atoms with E-state index in [0.29, 0.717) is 6.17 Å². The highest BCUT2D eigenvalue weighted by Crippen LogP contribution is 2.25. The fourth-order valence-corrected chi connectivity index (χ4v) is 2.62. The standard InChI is InChI=1S/C13H25BrN2/c1-4-5-6-7-8-9-10-16-11-13(14)15(3)12(16)2/h11-12H,4-10H2,1-3H3. The molecule has 0 amide bonds. The first-order chi connectivity index (χ1) is 7.66. The average Bonchev–Trinajstić information content (AvgIpc) is 2.51. The van der Waals surface area contributed by atoms with E-state index in [1.54, 1.807) is 0 Å². The first kappa shape index (κ1) is 13.9. The Bertz CT molecular complexity index is 228.